The predicted octanol–water partition coefficient (Wildman–Crippen LogP) is 3.82. The van der Waals surface area contributed by atoms with Crippen LogP contribution in [0.25, 0.3) is 11.5 Å². The van der Waals surface area contributed by atoms with E-state index < -0.39 is 0 Å². The molecule has 0 saturated carbocycles. The van der Waals surface area contributed by atoms with Gasteiger partial charge in [0.1, 0.15) is 6.04 Å². The van der Waals surface area contributed by atoms with Crippen molar-refractivity contribution in [2.24, 2.45) is 0 Å². The van der Waals surface area contributed by atoms with Crippen molar-refractivity contribution in [2.45, 2.75) is 38.1 Å². The number of pyridine rings is 1. The first-order valence-corrected chi connectivity index (χ1v) is 9.38. The lowest BCUT2D eigenvalue weighted by Crippen LogP contribution is -2.38. The zero-order chi connectivity index (χ0) is 18.5. The second-order valence-electron chi connectivity index (χ2n) is 6.77. The van der Waals surface area contributed by atoms with E-state index in [4.69, 9.17) is 4.42 Å². The van der Waals surface area contributed by atoms with E-state index in [2.05, 4.69) is 27.3 Å². The molecule has 27 heavy (non-hydrogen) atoms. The molecule has 1 fully saturated rings. The standard InChI is InChI=1S/C21H22N4O2/c26-19(10-9-16-6-2-1-3-7-16)25-15-5-4-8-18(25)21-24-23-20(27-21)17-11-13-22-14-12-17/h1-3,6-7,11-14,18H,4-5,8-10,15H2/t18-/m0/s1. The molecule has 0 radical (unpaired) electrons. The van der Waals surface area contributed by atoms with Crippen LogP contribution in [0.15, 0.2) is 59.3 Å². The number of rotatable bonds is 5. The summed E-state index contributed by atoms with van der Waals surface area (Å²) in [4.78, 5) is 18.8. The SMILES string of the molecule is O=C(CCc1ccccc1)N1CCCC[C@H]1c1nnc(-c2ccncc2)o1. The molecule has 0 unspecified atom stereocenters. The van der Waals surface area contributed by atoms with Crippen LogP contribution in [0.2, 0.25) is 0 Å². The van der Waals surface area contributed by atoms with Gasteiger partial charge in [0.2, 0.25) is 17.7 Å². The van der Waals surface area contributed by atoms with Crippen LogP contribution < -0.4 is 0 Å². The number of benzene rings is 1. The minimum atomic E-state index is -0.134. The van der Waals surface area contributed by atoms with Crippen LogP contribution in [-0.2, 0) is 11.2 Å². The molecule has 1 aromatic carbocycles. The molecule has 0 N–H and O–H groups in total. The van der Waals surface area contributed by atoms with Crippen LogP contribution in [0.4, 0.5) is 0 Å². The summed E-state index contributed by atoms with van der Waals surface area (Å²) in [5.41, 5.74) is 2.01. The molecular formula is C21H22N4O2. The van der Waals surface area contributed by atoms with Gasteiger partial charge in [-0.15, -0.1) is 10.2 Å². The summed E-state index contributed by atoms with van der Waals surface area (Å²) in [6.45, 7) is 0.741. The Morgan fingerprint density at radius 3 is 2.70 bits per heavy atom. The molecule has 6 heteroatoms. The van der Waals surface area contributed by atoms with Gasteiger partial charge in [-0.3, -0.25) is 9.78 Å². The van der Waals surface area contributed by atoms with Crippen LogP contribution in [0.1, 0.15) is 43.2 Å². The number of hydrogen-bond donors (Lipinski definition) is 0. The fourth-order valence-corrected chi connectivity index (χ4v) is 3.51. The largest absolute Gasteiger partial charge is 0.418 e. The normalized spacial score (nSPS) is 17.0. The molecule has 6 nitrogen and oxygen atoms in total. The number of carbonyl (C=O) groups is 1. The smallest absolute Gasteiger partial charge is 0.247 e. The van der Waals surface area contributed by atoms with Gasteiger partial charge in [0.25, 0.3) is 0 Å². The third-order valence-corrected chi connectivity index (χ3v) is 4.95. The number of piperidine rings is 1. The summed E-state index contributed by atoms with van der Waals surface area (Å²) in [7, 11) is 0. The molecule has 1 aliphatic rings. The van der Waals surface area contributed by atoms with E-state index in [0.717, 1.165) is 37.8 Å². The van der Waals surface area contributed by atoms with Gasteiger partial charge >= 0.3 is 0 Å². The van der Waals surface area contributed by atoms with E-state index in [0.29, 0.717) is 18.2 Å². The second-order valence-corrected chi connectivity index (χ2v) is 6.77. The zero-order valence-corrected chi connectivity index (χ0v) is 15.1. The third kappa shape index (κ3) is 4.05. The molecule has 1 atom stereocenters. The monoisotopic (exact) mass is 362 g/mol. The van der Waals surface area contributed by atoms with Crippen LogP contribution in [0.3, 0.4) is 0 Å². The van der Waals surface area contributed by atoms with E-state index in [-0.39, 0.29) is 11.9 Å². The van der Waals surface area contributed by atoms with Crippen molar-refractivity contribution < 1.29 is 9.21 Å². The van der Waals surface area contributed by atoms with Gasteiger partial charge in [0, 0.05) is 30.9 Å². The summed E-state index contributed by atoms with van der Waals surface area (Å²) in [5.74, 6) is 1.14. The zero-order valence-electron chi connectivity index (χ0n) is 15.1. The molecule has 0 spiro atoms. The summed E-state index contributed by atoms with van der Waals surface area (Å²) in [5, 5.41) is 8.40. The second kappa shape index (κ2) is 8.12. The maximum atomic E-state index is 12.9. The van der Waals surface area contributed by atoms with Crippen molar-refractivity contribution in [3.05, 3.63) is 66.3 Å². The average Bonchev–Trinajstić information content (AvgIpc) is 3.23. The number of amides is 1. The average molecular weight is 362 g/mol. The minimum absolute atomic E-state index is 0.134. The highest BCUT2D eigenvalue weighted by Gasteiger charge is 2.31. The summed E-state index contributed by atoms with van der Waals surface area (Å²) in [6, 6.07) is 13.6. The van der Waals surface area contributed by atoms with E-state index in [9.17, 15) is 4.79 Å². The Balaban J connectivity index is 1.47. The molecule has 0 aliphatic carbocycles. The van der Waals surface area contributed by atoms with E-state index >= 15 is 0 Å². The molecule has 138 valence electrons. The predicted molar refractivity (Wildman–Crippen MR) is 101 cm³/mol. The Kier molecular flexibility index (Phi) is 5.23. The summed E-state index contributed by atoms with van der Waals surface area (Å²) in [6.07, 6.45) is 7.55. The number of likely N-dealkylation sites (tertiary alicyclic amines) is 1. The highest BCUT2D eigenvalue weighted by atomic mass is 16.4. The quantitative estimate of drug-likeness (QED) is 0.690. The molecule has 3 aromatic rings. The lowest BCUT2D eigenvalue weighted by Gasteiger charge is -2.33. The van der Waals surface area contributed by atoms with Crippen molar-refractivity contribution in [1.82, 2.24) is 20.1 Å². The Hall–Kier alpha value is -3.02. The highest BCUT2D eigenvalue weighted by Crippen LogP contribution is 2.32. The topological polar surface area (TPSA) is 72.1 Å². The van der Waals surface area contributed by atoms with Gasteiger partial charge in [-0.1, -0.05) is 30.3 Å². The number of nitrogens with zero attached hydrogens (tertiary/aromatic N) is 4. The number of aryl methyl sites for hydroxylation is 1. The molecule has 1 amide bonds. The number of carbonyl (C=O) groups excluding carboxylic acids is 1. The lowest BCUT2D eigenvalue weighted by atomic mass is 10.0. The Morgan fingerprint density at radius 1 is 1.07 bits per heavy atom. The van der Waals surface area contributed by atoms with E-state index in [1.807, 2.05) is 35.2 Å². The third-order valence-electron chi connectivity index (χ3n) is 4.95. The maximum Gasteiger partial charge on any atom is 0.247 e. The fourth-order valence-electron chi connectivity index (χ4n) is 3.51. The Morgan fingerprint density at radius 2 is 1.89 bits per heavy atom. The van der Waals surface area contributed by atoms with Crippen LogP contribution in [0, 0.1) is 0 Å². The molecule has 3 heterocycles. The molecule has 0 bridgehead atoms. The number of aromatic nitrogens is 3. The summed E-state index contributed by atoms with van der Waals surface area (Å²) >= 11 is 0. The molecule has 4 rings (SSSR count). The van der Waals surface area contributed by atoms with Crippen molar-refractivity contribution in [1.29, 1.82) is 0 Å². The molecule has 2 aromatic heterocycles. The van der Waals surface area contributed by atoms with Gasteiger partial charge in [-0.05, 0) is 43.4 Å². The highest BCUT2D eigenvalue weighted by molar-refractivity contribution is 5.77. The van der Waals surface area contributed by atoms with Crippen molar-refractivity contribution in [3.8, 4) is 11.5 Å². The van der Waals surface area contributed by atoms with Crippen molar-refractivity contribution in [3.63, 3.8) is 0 Å². The summed E-state index contributed by atoms with van der Waals surface area (Å²) < 4.78 is 5.91. The van der Waals surface area contributed by atoms with Crippen LogP contribution in [-0.4, -0.2) is 32.5 Å². The van der Waals surface area contributed by atoms with Gasteiger partial charge in [0.15, 0.2) is 0 Å². The first-order valence-electron chi connectivity index (χ1n) is 9.38. The van der Waals surface area contributed by atoms with Gasteiger partial charge < -0.3 is 9.32 Å². The first kappa shape index (κ1) is 17.4. The van der Waals surface area contributed by atoms with Crippen LogP contribution in [0.5, 0.6) is 0 Å². The molecule has 1 aliphatic heterocycles. The van der Waals surface area contributed by atoms with E-state index in [1.54, 1.807) is 12.4 Å². The van der Waals surface area contributed by atoms with Gasteiger partial charge in [-0.2, -0.15) is 0 Å². The number of hydrogen-bond acceptors (Lipinski definition) is 5. The lowest BCUT2D eigenvalue weighted by molar-refractivity contribution is -0.135. The van der Waals surface area contributed by atoms with Gasteiger partial charge in [0.05, 0.1) is 0 Å². The minimum Gasteiger partial charge on any atom is -0.418 e. The molecular weight excluding hydrogens is 340 g/mol. The maximum absolute atomic E-state index is 12.9. The fraction of sp³-hybridized carbons (Fsp3) is 0.333. The van der Waals surface area contributed by atoms with Crippen molar-refractivity contribution >= 4 is 5.91 Å². The van der Waals surface area contributed by atoms with E-state index in [1.165, 1.54) is 5.56 Å². The molecule has 1 saturated heterocycles. The first-order chi connectivity index (χ1) is 13.3. The Labute approximate surface area is 158 Å². The van der Waals surface area contributed by atoms with Crippen molar-refractivity contribution in [2.75, 3.05) is 6.54 Å². The van der Waals surface area contributed by atoms with Crippen LogP contribution >= 0.6 is 0 Å². The Bertz CT molecular complexity index is 879. The van der Waals surface area contributed by atoms with Gasteiger partial charge in [-0.25, -0.2) is 0 Å².